The Balaban J connectivity index is 2.18. The third kappa shape index (κ3) is 4.24. The van der Waals surface area contributed by atoms with Crippen LogP contribution in [0, 0.1) is 20.8 Å². The summed E-state index contributed by atoms with van der Waals surface area (Å²) in [7, 11) is 2.86. The maximum Gasteiger partial charge on any atom is 0.339 e. The van der Waals surface area contributed by atoms with Gasteiger partial charge in [-0.3, -0.25) is 9.59 Å². The number of aryl methyl sites for hydroxylation is 3. The standard InChI is InChI=1S/C21H27N3O4/c1-7-15-17(21(27)28-6)14(4)19(22-15)20(26)24(5)11-16(25)23-18-12(2)9-8-10-13(18)3/h8-10,22H,7,11H2,1-6H3,(H,23,25). The highest BCUT2D eigenvalue weighted by Crippen LogP contribution is 2.22. The average Bonchev–Trinajstić information content (AvgIpc) is 2.99. The van der Waals surface area contributed by atoms with Gasteiger partial charge >= 0.3 is 5.97 Å². The van der Waals surface area contributed by atoms with E-state index >= 15 is 0 Å². The largest absolute Gasteiger partial charge is 0.465 e. The number of para-hydroxylation sites is 1. The summed E-state index contributed by atoms with van der Waals surface area (Å²) in [6, 6.07) is 5.76. The van der Waals surface area contributed by atoms with Crippen LogP contribution in [0.25, 0.3) is 0 Å². The molecule has 2 aromatic rings. The van der Waals surface area contributed by atoms with E-state index in [-0.39, 0.29) is 18.4 Å². The number of hydrogen-bond acceptors (Lipinski definition) is 4. The highest BCUT2D eigenvalue weighted by Gasteiger charge is 2.26. The van der Waals surface area contributed by atoms with Crippen molar-refractivity contribution in [2.45, 2.75) is 34.1 Å². The molecule has 7 nitrogen and oxygen atoms in total. The Labute approximate surface area is 165 Å². The van der Waals surface area contributed by atoms with Crippen molar-refractivity contribution in [3.63, 3.8) is 0 Å². The summed E-state index contributed by atoms with van der Waals surface area (Å²) in [5.74, 6) is -1.14. The number of likely N-dealkylation sites (N-methyl/N-ethyl adjacent to an activating group) is 1. The van der Waals surface area contributed by atoms with Crippen molar-refractivity contribution in [1.29, 1.82) is 0 Å². The molecule has 2 N–H and O–H groups in total. The van der Waals surface area contributed by atoms with Crippen LogP contribution < -0.4 is 5.32 Å². The summed E-state index contributed by atoms with van der Waals surface area (Å²) in [6.45, 7) is 7.30. The molecule has 0 unspecified atom stereocenters. The monoisotopic (exact) mass is 385 g/mol. The van der Waals surface area contributed by atoms with E-state index in [2.05, 4.69) is 10.3 Å². The first-order chi connectivity index (χ1) is 13.2. The molecule has 0 saturated heterocycles. The summed E-state index contributed by atoms with van der Waals surface area (Å²) in [6.07, 6.45) is 0.551. The first kappa shape index (κ1) is 21.2. The molecule has 0 radical (unpaired) electrons. The van der Waals surface area contributed by atoms with Crippen molar-refractivity contribution < 1.29 is 19.1 Å². The Morgan fingerprint density at radius 3 is 2.29 bits per heavy atom. The van der Waals surface area contributed by atoms with Crippen LogP contribution in [0.4, 0.5) is 5.69 Å². The second-order valence-electron chi connectivity index (χ2n) is 6.80. The Kier molecular flexibility index (Phi) is 6.62. The van der Waals surface area contributed by atoms with Gasteiger partial charge in [0.2, 0.25) is 5.91 Å². The topological polar surface area (TPSA) is 91.5 Å². The lowest BCUT2D eigenvalue weighted by Crippen LogP contribution is -2.35. The number of carbonyl (C=O) groups excluding carboxylic acids is 3. The first-order valence-electron chi connectivity index (χ1n) is 9.12. The number of aromatic amines is 1. The fourth-order valence-electron chi connectivity index (χ4n) is 3.18. The predicted molar refractivity (Wildman–Crippen MR) is 108 cm³/mol. The molecule has 28 heavy (non-hydrogen) atoms. The highest BCUT2D eigenvalue weighted by molar-refractivity contribution is 6.02. The van der Waals surface area contributed by atoms with E-state index in [1.54, 1.807) is 14.0 Å². The van der Waals surface area contributed by atoms with Gasteiger partial charge in [-0.15, -0.1) is 0 Å². The molecule has 0 aliphatic rings. The maximum atomic E-state index is 12.8. The van der Waals surface area contributed by atoms with Crippen LogP contribution in [0.15, 0.2) is 18.2 Å². The smallest absolute Gasteiger partial charge is 0.339 e. The summed E-state index contributed by atoms with van der Waals surface area (Å²) < 4.78 is 4.82. The predicted octanol–water partition coefficient (Wildman–Crippen LogP) is 3.00. The average molecular weight is 385 g/mol. The van der Waals surface area contributed by atoms with Gasteiger partial charge < -0.3 is 19.9 Å². The van der Waals surface area contributed by atoms with Gasteiger partial charge in [-0.05, 0) is 43.9 Å². The Morgan fingerprint density at radius 2 is 1.75 bits per heavy atom. The van der Waals surface area contributed by atoms with Crippen LogP contribution in [0.3, 0.4) is 0 Å². The van der Waals surface area contributed by atoms with Gasteiger partial charge in [0.15, 0.2) is 0 Å². The van der Waals surface area contributed by atoms with Gasteiger partial charge in [0, 0.05) is 18.4 Å². The molecule has 0 atom stereocenters. The molecule has 0 bridgehead atoms. The molecule has 0 aliphatic heterocycles. The van der Waals surface area contributed by atoms with Crippen molar-refractivity contribution >= 4 is 23.5 Å². The number of rotatable bonds is 6. The minimum absolute atomic E-state index is 0.111. The van der Waals surface area contributed by atoms with Crippen molar-refractivity contribution in [1.82, 2.24) is 9.88 Å². The van der Waals surface area contributed by atoms with Gasteiger partial charge in [0.25, 0.3) is 5.91 Å². The summed E-state index contributed by atoms with van der Waals surface area (Å²) in [4.78, 5) is 41.7. The molecular weight excluding hydrogens is 358 g/mol. The minimum atomic E-state index is -0.486. The molecule has 0 spiro atoms. The van der Waals surface area contributed by atoms with Crippen molar-refractivity contribution in [3.05, 3.63) is 51.8 Å². The number of benzene rings is 1. The molecule has 1 aromatic carbocycles. The third-order valence-corrected chi connectivity index (χ3v) is 4.76. The Hall–Kier alpha value is -3.09. The number of nitrogens with zero attached hydrogens (tertiary/aromatic N) is 1. The second kappa shape index (κ2) is 8.73. The van der Waals surface area contributed by atoms with Crippen molar-refractivity contribution in [2.75, 3.05) is 26.0 Å². The minimum Gasteiger partial charge on any atom is -0.465 e. The molecule has 7 heteroatoms. The molecule has 0 aliphatic carbocycles. The summed E-state index contributed by atoms with van der Waals surface area (Å²) in [5.41, 5.74) is 4.50. The number of carbonyl (C=O) groups is 3. The van der Waals surface area contributed by atoms with E-state index in [0.717, 1.165) is 16.8 Å². The lowest BCUT2D eigenvalue weighted by Gasteiger charge is -2.18. The van der Waals surface area contributed by atoms with Crippen molar-refractivity contribution in [2.24, 2.45) is 0 Å². The lowest BCUT2D eigenvalue weighted by atomic mass is 10.1. The zero-order valence-electron chi connectivity index (χ0n) is 17.2. The first-order valence-corrected chi connectivity index (χ1v) is 9.12. The van der Waals surface area contributed by atoms with Crippen LogP contribution in [0.1, 0.15) is 50.2 Å². The van der Waals surface area contributed by atoms with Crippen LogP contribution >= 0.6 is 0 Å². The zero-order valence-corrected chi connectivity index (χ0v) is 17.2. The Morgan fingerprint density at radius 1 is 1.14 bits per heavy atom. The lowest BCUT2D eigenvalue weighted by molar-refractivity contribution is -0.116. The third-order valence-electron chi connectivity index (χ3n) is 4.76. The number of anilines is 1. The molecule has 1 aromatic heterocycles. The number of H-pyrrole nitrogens is 1. The molecule has 0 fully saturated rings. The maximum absolute atomic E-state index is 12.8. The normalized spacial score (nSPS) is 10.5. The summed E-state index contributed by atoms with van der Waals surface area (Å²) >= 11 is 0. The molecule has 150 valence electrons. The Bertz CT molecular complexity index is 894. The number of hydrogen-bond donors (Lipinski definition) is 2. The van der Waals surface area contributed by atoms with E-state index in [4.69, 9.17) is 4.74 Å². The van der Waals surface area contributed by atoms with E-state index in [1.807, 2.05) is 39.0 Å². The van der Waals surface area contributed by atoms with Gasteiger partial charge in [-0.1, -0.05) is 25.1 Å². The van der Waals surface area contributed by atoms with E-state index < -0.39 is 5.97 Å². The number of methoxy groups -OCH3 is 1. The molecule has 2 rings (SSSR count). The molecular formula is C21H27N3O4. The van der Waals surface area contributed by atoms with Crippen LogP contribution in [-0.4, -0.2) is 48.4 Å². The number of esters is 1. The second-order valence-corrected chi connectivity index (χ2v) is 6.80. The fraction of sp³-hybridized carbons (Fsp3) is 0.381. The van der Waals surface area contributed by atoms with Gasteiger partial charge in [-0.2, -0.15) is 0 Å². The van der Waals surface area contributed by atoms with Crippen LogP contribution in [0.5, 0.6) is 0 Å². The molecule has 2 amide bonds. The number of ether oxygens (including phenoxy) is 1. The van der Waals surface area contributed by atoms with Gasteiger partial charge in [0.1, 0.15) is 5.69 Å². The van der Waals surface area contributed by atoms with Gasteiger partial charge in [0.05, 0.1) is 19.2 Å². The van der Waals surface area contributed by atoms with Crippen molar-refractivity contribution in [3.8, 4) is 0 Å². The molecule has 1 heterocycles. The van der Waals surface area contributed by atoms with E-state index in [0.29, 0.717) is 28.9 Å². The number of aromatic nitrogens is 1. The van der Waals surface area contributed by atoms with Crippen LogP contribution in [0.2, 0.25) is 0 Å². The van der Waals surface area contributed by atoms with E-state index in [9.17, 15) is 14.4 Å². The van der Waals surface area contributed by atoms with Gasteiger partial charge in [-0.25, -0.2) is 4.79 Å². The zero-order chi connectivity index (χ0) is 21.0. The number of amides is 2. The SMILES string of the molecule is CCc1[nH]c(C(=O)N(C)CC(=O)Nc2c(C)cccc2C)c(C)c1C(=O)OC. The van der Waals surface area contributed by atoms with Crippen LogP contribution in [-0.2, 0) is 16.0 Å². The number of nitrogens with one attached hydrogen (secondary N) is 2. The van der Waals surface area contributed by atoms with E-state index in [1.165, 1.54) is 12.0 Å². The molecule has 0 saturated carbocycles. The highest BCUT2D eigenvalue weighted by atomic mass is 16.5. The fourth-order valence-corrected chi connectivity index (χ4v) is 3.18. The quantitative estimate of drug-likeness (QED) is 0.748. The summed E-state index contributed by atoms with van der Waals surface area (Å²) in [5, 5.41) is 2.87.